The van der Waals surface area contributed by atoms with E-state index in [1.165, 1.54) is 44.8 Å². The molecule has 1 amide bonds. The number of amides is 1. The van der Waals surface area contributed by atoms with Crippen LogP contribution in [0.3, 0.4) is 0 Å². The summed E-state index contributed by atoms with van der Waals surface area (Å²) in [5.74, 6) is 0.901. The molecule has 3 rings (SSSR count). The van der Waals surface area contributed by atoms with Crippen molar-refractivity contribution in [3.05, 3.63) is 64.4 Å². The first kappa shape index (κ1) is 22.3. The zero-order valence-corrected chi connectivity index (χ0v) is 18.5. The average Bonchev–Trinajstić information content (AvgIpc) is 3.15. The van der Waals surface area contributed by atoms with Crippen LogP contribution in [-0.2, 0) is 11.3 Å². The van der Waals surface area contributed by atoms with Gasteiger partial charge in [-0.05, 0) is 42.8 Å². The molecule has 8 heteroatoms. The number of nitrogens with zero attached hydrogens (tertiary/aromatic N) is 1. The molecule has 0 aliphatic heterocycles. The summed E-state index contributed by atoms with van der Waals surface area (Å²) >= 11 is 1.36. The minimum Gasteiger partial charge on any atom is -0.493 e. The molecule has 0 fully saturated rings. The number of rotatable bonds is 8. The van der Waals surface area contributed by atoms with Crippen LogP contribution < -0.4 is 19.5 Å². The van der Waals surface area contributed by atoms with Gasteiger partial charge in [-0.15, -0.1) is 11.3 Å². The third-order valence-electron chi connectivity index (χ3n) is 4.53. The van der Waals surface area contributed by atoms with Crippen molar-refractivity contribution >= 4 is 23.3 Å². The smallest absolute Gasteiger partial charge is 0.244 e. The van der Waals surface area contributed by atoms with E-state index in [4.69, 9.17) is 14.2 Å². The lowest BCUT2D eigenvalue weighted by Crippen LogP contribution is -2.20. The van der Waals surface area contributed by atoms with Crippen molar-refractivity contribution in [1.82, 2.24) is 10.3 Å². The van der Waals surface area contributed by atoms with E-state index in [9.17, 15) is 9.18 Å². The van der Waals surface area contributed by atoms with E-state index in [0.29, 0.717) is 34.4 Å². The number of hydrogen-bond donors (Lipinski definition) is 1. The number of carbonyl (C=O) groups is 1. The van der Waals surface area contributed by atoms with E-state index in [0.717, 1.165) is 16.1 Å². The summed E-state index contributed by atoms with van der Waals surface area (Å²) < 4.78 is 29.9. The van der Waals surface area contributed by atoms with Gasteiger partial charge in [0.05, 0.1) is 33.6 Å². The number of aryl methyl sites for hydroxylation is 1. The molecule has 0 saturated heterocycles. The molecule has 2 aromatic carbocycles. The highest BCUT2D eigenvalue weighted by Crippen LogP contribution is 2.38. The maximum Gasteiger partial charge on any atom is 0.244 e. The Morgan fingerprint density at radius 3 is 2.42 bits per heavy atom. The van der Waals surface area contributed by atoms with Crippen LogP contribution in [0.2, 0.25) is 0 Å². The van der Waals surface area contributed by atoms with E-state index >= 15 is 0 Å². The molecular weight excluding hydrogens is 419 g/mol. The fraction of sp³-hybridized carbons (Fsp3) is 0.217. The number of ether oxygens (including phenoxy) is 3. The molecule has 0 radical (unpaired) electrons. The second kappa shape index (κ2) is 10.1. The molecule has 3 aromatic rings. The Labute approximate surface area is 184 Å². The summed E-state index contributed by atoms with van der Waals surface area (Å²) in [6, 6.07) is 10.0. The number of benzene rings is 2. The number of carbonyl (C=O) groups excluding carboxylic acids is 1. The molecule has 0 aliphatic carbocycles. The summed E-state index contributed by atoms with van der Waals surface area (Å²) in [7, 11) is 4.59. The van der Waals surface area contributed by atoms with Crippen molar-refractivity contribution in [2.24, 2.45) is 0 Å². The Morgan fingerprint density at radius 1 is 1.13 bits per heavy atom. The quantitative estimate of drug-likeness (QED) is 0.516. The molecular formula is C23H23FN2O4S. The zero-order valence-electron chi connectivity index (χ0n) is 17.7. The van der Waals surface area contributed by atoms with Gasteiger partial charge in [-0.3, -0.25) is 4.79 Å². The SMILES string of the molecule is COc1cc(C=CC(=O)NCc2sc(-c3ccccc3F)nc2C)cc(OC)c1OC. The van der Waals surface area contributed by atoms with E-state index in [-0.39, 0.29) is 11.7 Å². The van der Waals surface area contributed by atoms with Gasteiger partial charge in [0.1, 0.15) is 10.8 Å². The molecule has 162 valence electrons. The Kier molecular flexibility index (Phi) is 7.25. The Morgan fingerprint density at radius 2 is 1.81 bits per heavy atom. The standard InChI is InChI=1S/C23H23FN2O4S/c1-14-20(31-23(26-14)16-7-5-6-8-17(16)24)13-25-21(27)10-9-15-11-18(28-2)22(30-4)19(12-15)29-3/h5-12H,13H2,1-4H3,(H,25,27). The summed E-state index contributed by atoms with van der Waals surface area (Å²) in [6.45, 7) is 2.14. The summed E-state index contributed by atoms with van der Waals surface area (Å²) in [5, 5.41) is 3.42. The van der Waals surface area contributed by atoms with Crippen molar-refractivity contribution in [3.8, 4) is 27.8 Å². The third kappa shape index (κ3) is 5.21. The maximum atomic E-state index is 14.0. The molecule has 0 spiro atoms. The molecule has 0 bridgehead atoms. The summed E-state index contributed by atoms with van der Waals surface area (Å²) in [4.78, 5) is 17.6. The highest BCUT2D eigenvalue weighted by atomic mass is 32.1. The Bertz CT molecular complexity index is 1090. The first-order chi connectivity index (χ1) is 15.0. The first-order valence-corrected chi connectivity index (χ1v) is 10.3. The molecule has 1 heterocycles. The Hall–Kier alpha value is -3.39. The second-order valence-electron chi connectivity index (χ2n) is 6.52. The van der Waals surface area contributed by atoms with E-state index in [2.05, 4.69) is 10.3 Å². The molecule has 31 heavy (non-hydrogen) atoms. The maximum absolute atomic E-state index is 14.0. The van der Waals surface area contributed by atoms with Gasteiger partial charge in [-0.25, -0.2) is 9.37 Å². The highest BCUT2D eigenvalue weighted by molar-refractivity contribution is 7.15. The molecule has 1 aromatic heterocycles. The first-order valence-electron chi connectivity index (χ1n) is 9.44. The van der Waals surface area contributed by atoms with Crippen LogP contribution >= 0.6 is 11.3 Å². The van der Waals surface area contributed by atoms with E-state index in [1.807, 2.05) is 6.92 Å². The molecule has 6 nitrogen and oxygen atoms in total. The normalized spacial score (nSPS) is 10.9. The largest absolute Gasteiger partial charge is 0.493 e. The number of nitrogens with one attached hydrogen (secondary N) is 1. The molecule has 0 unspecified atom stereocenters. The monoisotopic (exact) mass is 442 g/mol. The van der Waals surface area contributed by atoms with Gasteiger partial charge in [0.2, 0.25) is 11.7 Å². The molecule has 0 saturated carbocycles. The van der Waals surface area contributed by atoms with Gasteiger partial charge in [-0.2, -0.15) is 0 Å². The van der Waals surface area contributed by atoms with Crippen molar-refractivity contribution < 1.29 is 23.4 Å². The van der Waals surface area contributed by atoms with Gasteiger partial charge in [-0.1, -0.05) is 12.1 Å². The van der Waals surface area contributed by atoms with Crippen LogP contribution in [0.15, 0.2) is 42.5 Å². The number of hydrogen-bond acceptors (Lipinski definition) is 6. The fourth-order valence-corrected chi connectivity index (χ4v) is 3.97. The topological polar surface area (TPSA) is 69.7 Å². The van der Waals surface area contributed by atoms with Gasteiger partial charge in [0, 0.05) is 16.5 Å². The minimum absolute atomic E-state index is 0.269. The van der Waals surface area contributed by atoms with Gasteiger partial charge in [0.25, 0.3) is 0 Å². The number of halogens is 1. The number of thiazole rings is 1. The van der Waals surface area contributed by atoms with Crippen molar-refractivity contribution in [1.29, 1.82) is 0 Å². The highest BCUT2D eigenvalue weighted by Gasteiger charge is 2.14. The van der Waals surface area contributed by atoms with Crippen molar-refractivity contribution in [3.63, 3.8) is 0 Å². The van der Waals surface area contributed by atoms with E-state index < -0.39 is 0 Å². The summed E-state index contributed by atoms with van der Waals surface area (Å²) in [6.07, 6.45) is 3.08. The van der Waals surface area contributed by atoms with Crippen molar-refractivity contribution in [2.45, 2.75) is 13.5 Å². The van der Waals surface area contributed by atoms with Crippen LogP contribution in [0.1, 0.15) is 16.1 Å². The Balaban J connectivity index is 1.68. The minimum atomic E-state index is -0.319. The van der Waals surface area contributed by atoms with Crippen LogP contribution in [0.4, 0.5) is 4.39 Å². The number of methoxy groups -OCH3 is 3. The van der Waals surface area contributed by atoms with Gasteiger partial charge >= 0.3 is 0 Å². The van der Waals surface area contributed by atoms with Crippen molar-refractivity contribution in [2.75, 3.05) is 21.3 Å². The fourth-order valence-electron chi connectivity index (χ4n) is 2.94. The van der Waals surface area contributed by atoms with Gasteiger partial charge in [0.15, 0.2) is 11.5 Å². The predicted octanol–water partition coefficient (Wildman–Crippen LogP) is 4.61. The lowest BCUT2D eigenvalue weighted by molar-refractivity contribution is -0.116. The zero-order chi connectivity index (χ0) is 22.4. The lowest BCUT2D eigenvalue weighted by Gasteiger charge is -2.12. The van der Waals surface area contributed by atoms with Crippen LogP contribution in [0, 0.1) is 12.7 Å². The molecule has 1 N–H and O–H groups in total. The number of aromatic nitrogens is 1. The average molecular weight is 443 g/mol. The predicted molar refractivity (Wildman–Crippen MR) is 119 cm³/mol. The third-order valence-corrected chi connectivity index (χ3v) is 5.73. The molecule has 0 atom stereocenters. The van der Waals surface area contributed by atoms with Gasteiger partial charge < -0.3 is 19.5 Å². The van der Waals surface area contributed by atoms with E-state index in [1.54, 1.807) is 36.4 Å². The molecule has 0 aliphatic rings. The van der Waals surface area contributed by atoms with Crippen LogP contribution in [0.5, 0.6) is 17.2 Å². The summed E-state index contributed by atoms with van der Waals surface area (Å²) in [5.41, 5.74) is 1.94. The lowest BCUT2D eigenvalue weighted by atomic mass is 10.1. The van der Waals surface area contributed by atoms with Crippen LogP contribution in [-0.4, -0.2) is 32.2 Å². The van der Waals surface area contributed by atoms with Crippen LogP contribution in [0.25, 0.3) is 16.6 Å². The second-order valence-corrected chi connectivity index (χ2v) is 7.60.